The number of nitrogens with zero attached hydrogens (tertiary/aromatic N) is 4. The van der Waals surface area contributed by atoms with Gasteiger partial charge in [0.05, 0.1) is 13.0 Å². The van der Waals surface area contributed by atoms with E-state index in [1.165, 1.54) is 0 Å². The molecule has 0 aliphatic carbocycles. The Labute approximate surface area is 182 Å². The molecule has 1 saturated heterocycles. The number of aromatic nitrogens is 3. The fourth-order valence-electron chi connectivity index (χ4n) is 3.87. The Bertz CT molecular complexity index is 1020. The van der Waals surface area contributed by atoms with Crippen molar-refractivity contribution in [3.05, 3.63) is 66.2 Å². The highest BCUT2D eigenvalue weighted by Crippen LogP contribution is 2.27. The molecule has 0 radical (unpaired) electrons. The molecule has 2 aromatic heterocycles. The van der Waals surface area contributed by atoms with E-state index < -0.39 is 0 Å². The summed E-state index contributed by atoms with van der Waals surface area (Å²) in [4.78, 5) is 27.4. The van der Waals surface area contributed by atoms with Crippen molar-refractivity contribution in [3.63, 3.8) is 0 Å². The van der Waals surface area contributed by atoms with Crippen LogP contribution in [0.2, 0.25) is 0 Å². The van der Waals surface area contributed by atoms with Crippen molar-refractivity contribution in [1.82, 2.24) is 19.9 Å². The fourth-order valence-corrected chi connectivity index (χ4v) is 3.87. The molecule has 0 spiro atoms. The molecule has 0 bridgehead atoms. The second kappa shape index (κ2) is 9.55. The smallest absolute Gasteiger partial charge is 0.226 e. The van der Waals surface area contributed by atoms with Crippen LogP contribution < -0.4 is 10.5 Å². The molecule has 2 N–H and O–H groups in total. The number of likely N-dealkylation sites (tertiary alicyclic amines) is 1. The van der Waals surface area contributed by atoms with Crippen molar-refractivity contribution < 1.29 is 9.53 Å². The topological polar surface area (TPSA) is 94.2 Å². The van der Waals surface area contributed by atoms with Gasteiger partial charge in [0.1, 0.15) is 5.75 Å². The van der Waals surface area contributed by atoms with Gasteiger partial charge in [0.15, 0.2) is 0 Å². The summed E-state index contributed by atoms with van der Waals surface area (Å²) < 4.78 is 5.79. The standard InChI is InChI=1S/C24H27N5O2/c1-17-5-2-3-7-22(17)31-12-10-23(30)29-11-4-6-19(16-29)21-9-8-18(13-26-21)20-14-27-24(25)28-15-20/h2-3,5,7-9,13-15,19H,4,6,10-12,16H2,1H3,(H2,25,27,28). The number of piperidine rings is 1. The minimum atomic E-state index is 0.133. The highest BCUT2D eigenvalue weighted by Gasteiger charge is 2.25. The Morgan fingerprint density at radius 1 is 1.10 bits per heavy atom. The molecule has 1 fully saturated rings. The van der Waals surface area contributed by atoms with Gasteiger partial charge >= 0.3 is 0 Å². The van der Waals surface area contributed by atoms with E-state index in [1.807, 2.05) is 54.4 Å². The molecule has 31 heavy (non-hydrogen) atoms. The van der Waals surface area contributed by atoms with Gasteiger partial charge in [-0.1, -0.05) is 24.3 Å². The third-order valence-corrected chi connectivity index (χ3v) is 5.65. The first-order valence-corrected chi connectivity index (χ1v) is 10.6. The summed E-state index contributed by atoms with van der Waals surface area (Å²) in [5.74, 6) is 1.47. The molecule has 1 amide bonds. The molecule has 160 valence electrons. The van der Waals surface area contributed by atoms with Crippen molar-refractivity contribution in [2.75, 3.05) is 25.4 Å². The van der Waals surface area contributed by atoms with Gasteiger partial charge in [-0.05, 0) is 37.5 Å². The van der Waals surface area contributed by atoms with Crippen LogP contribution in [0, 0.1) is 6.92 Å². The molecule has 1 aromatic carbocycles. The molecule has 1 aliphatic heterocycles. The predicted molar refractivity (Wildman–Crippen MR) is 120 cm³/mol. The van der Waals surface area contributed by atoms with Gasteiger partial charge in [-0.25, -0.2) is 9.97 Å². The van der Waals surface area contributed by atoms with Gasteiger partial charge in [-0.2, -0.15) is 0 Å². The van der Waals surface area contributed by atoms with Crippen molar-refractivity contribution >= 4 is 11.9 Å². The number of benzene rings is 1. The zero-order valence-corrected chi connectivity index (χ0v) is 17.7. The highest BCUT2D eigenvalue weighted by molar-refractivity contribution is 5.76. The molecule has 1 unspecified atom stereocenters. The van der Waals surface area contributed by atoms with Gasteiger partial charge in [0.25, 0.3) is 0 Å². The van der Waals surface area contributed by atoms with Gasteiger partial charge in [-0.3, -0.25) is 9.78 Å². The van der Waals surface area contributed by atoms with Gasteiger partial charge in [-0.15, -0.1) is 0 Å². The Hall–Kier alpha value is -3.48. The number of hydrogen-bond acceptors (Lipinski definition) is 6. The summed E-state index contributed by atoms with van der Waals surface area (Å²) in [6.07, 6.45) is 7.61. The number of rotatable bonds is 6. The largest absolute Gasteiger partial charge is 0.493 e. The summed E-state index contributed by atoms with van der Waals surface area (Å²) >= 11 is 0. The van der Waals surface area contributed by atoms with Crippen LogP contribution >= 0.6 is 0 Å². The van der Waals surface area contributed by atoms with E-state index in [9.17, 15) is 4.79 Å². The Balaban J connectivity index is 1.33. The number of nitrogens with two attached hydrogens (primary N) is 1. The number of amides is 1. The average Bonchev–Trinajstić information content (AvgIpc) is 2.81. The SMILES string of the molecule is Cc1ccccc1OCCC(=O)N1CCCC(c2ccc(-c3cnc(N)nc3)cn2)C1. The molecule has 7 heteroatoms. The lowest BCUT2D eigenvalue weighted by Gasteiger charge is -2.32. The van der Waals surface area contributed by atoms with Crippen molar-refractivity contribution in [1.29, 1.82) is 0 Å². The van der Waals surface area contributed by atoms with E-state index in [4.69, 9.17) is 10.5 Å². The monoisotopic (exact) mass is 417 g/mol. The maximum atomic E-state index is 12.7. The van der Waals surface area contributed by atoms with Crippen LogP contribution in [0.5, 0.6) is 5.75 Å². The van der Waals surface area contributed by atoms with Crippen LogP contribution in [0.3, 0.4) is 0 Å². The van der Waals surface area contributed by atoms with Gasteiger partial charge < -0.3 is 15.4 Å². The minimum Gasteiger partial charge on any atom is -0.493 e. The van der Waals surface area contributed by atoms with Crippen LogP contribution in [-0.2, 0) is 4.79 Å². The fraction of sp³-hybridized carbons (Fsp3) is 0.333. The van der Waals surface area contributed by atoms with Crippen LogP contribution in [0.25, 0.3) is 11.1 Å². The van der Waals surface area contributed by atoms with E-state index >= 15 is 0 Å². The molecule has 1 aliphatic rings. The number of pyridine rings is 1. The first kappa shape index (κ1) is 20.8. The summed E-state index contributed by atoms with van der Waals surface area (Å²) in [5, 5.41) is 0. The van der Waals surface area contributed by atoms with Crippen molar-refractivity contribution in [2.45, 2.75) is 32.1 Å². The lowest BCUT2D eigenvalue weighted by Crippen LogP contribution is -2.39. The normalized spacial score (nSPS) is 16.2. The van der Waals surface area contributed by atoms with Crippen LogP contribution in [-0.4, -0.2) is 45.5 Å². The highest BCUT2D eigenvalue weighted by atomic mass is 16.5. The Morgan fingerprint density at radius 2 is 1.87 bits per heavy atom. The van der Waals surface area contributed by atoms with E-state index in [1.54, 1.807) is 12.4 Å². The third kappa shape index (κ3) is 5.17. The number of anilines is 1. The number of nitrogen functional groups attached to an aromatic ring is 1. The zero-order valence-electron chi connectivity index (χ0n) is 17.7. The number of carbonyl (C=O) groups is 1. The quantitative estimate of drug-likeness (QED) is 0.658. The second-order valence-electron chi connectivity index (χ2n) is 7.84. The van der Waals surface area contributed by atoms with E-state index in [0.717, 1.165) is 47.5 Å². The van der Waals surface area contributed by atoms with Crippen LogP contribution in [0.4, 0.5) is 5.95 Å². The molecule has 4 rings (SSSR count). The molecular weight excluding hydrogens is 390 g/mol. The Morgan fingerprint density at radius 3 is 2.61 bits per heavy atom. The summed E-state index contributed by atoms with van der Waals surface area (Å²) in [6.45, 7) is 3.88. The summed E-state index contributed by atoms with van der Waals surface area (Å²) in [5.41, 5.74) is 9.46. The van der Waals surface area contributed by atoms with Crippen LogP contribution in [0.15, 0.2) is 55.0 Å². The van der Waals surface area contributed by atoms with Gasteiger partial charge in [0, 0.05) is 54.4 Å². The number of para-hydroxylation sites is 1. The second-order valence-corrected chi connectivity index (χ2v) is 7.84. The number of hydrogen-bond donors (Lipinski definition) is 1. The maximum absolute atomic E-state index is 12.7. The molecule has 3 heterocycles. The van der Waals surface area contributed by atoms with Gasteiger partial charge in [0.2, 0.25) is 11.9 Å². The maximum Gasteiger partial charge on any atom is 0.226 e. The number of aryl methyl sites for hydroxylation is 1. The first-order chi connectivity index (χ1) is 15.1. The van der Waals surface area contributed by atoms with Crippen molar-refractivity contribution in [3.8, 4) is 16.9 Å². The van der Waals surface area contributed by atoms with Crippen molar-refractivity contribution in [2.24, 2.45) is 0 Å². The molecule has 7 nitrogen and oxygen atoms in total. The minimum absolute atomic E-state index is 0.133. The zero-order chi connectivity index (χ0) is 21.6. The predicted octanol–water partition coefficient (Wildman–Crippen LogP) is 3.60. The molecule has 1 atom stereocenters. The number of ether oxygens (including phenoxy) is 1. The van der Waals surface area contributed by atoms with E-state index in [-0.39, 0.29) is 17.8 Å². The molecule has 0 saturated carbocycles. The first-order valence-electron chi connectivity index (χ1n) is 10.6. The molecular formula is C24H27N5O2. The lowest BCUT2D eigenvalue weighted by atomic mass is 9.93. The van der Waals surface area contributed by atoms with E-state index in [2.05, 4.69) is 15.0 Å². The van der Waals surface area contributed by atoms with Crippen LogP contribution in [0.1, 0.15) is 36.4 Å². The number of carbonyl (C=O) groups excluding carboxylic acids is 1. The average molecular weight is 418 g/mol. The summed E-state index contributed by atoms with van der Waals surface area (Å²) in [7, 11) is 0. The Kier molecular flexibility index (Phi) is 6.40. The van der Waals surface area contributed by atoms with E-state index in [0.29, 0.717) is 19.6 Å². The third-order valence-electron chi connectivity index (χ3n) is 5.65. The summed E-state index contributed by atoms with van der Waals surface area (Å²) in [6, 6.07) is 11.9. The molecule has 3 aromatic rings. The lowest BCUT2D eigenvalue weighted by molar-refractivity contribution is -0.132.